The summed E-state index contributed by atoms with van der Waals surface area (Å²) in [7, 11) is 1.62. The first-order chi connectivity index (χ1) is 12.8. The fourth-order valence-corrected chi connectivity index (χ4v) is 4.04. The van der Waals surface area contributed by atoms with Crippen LogP contribution in [0.2, 0.25) is 0 Å². The van der Waals surface area contributed by atoms with Crippen molar-refractivity contribution in [1.29, 1.82) is 0 Å². The molecule has 3 aromatic rings. The van der Waals surface area contributed by atoms with Gasteiger partial charge < -0.3 is 20.4 Å². The van der Waals surface area contributed by atoms with Crippen LogP contribution in [0.1, 0.15) is 23.2 Å². The molecule has 1 amide bonds. The average molecular weight is 370 g/mol. The molecule has 7 heteroatoms. The molecule has 0 aliphatic carbocycles. The van der Waals surface area contributed by atoms with Crippen LogP contribution in [0.3, 0.4) is 0 Å². The van der Waals surface area contributed by atoms with Gasteiger partial charge in [-0.25, -0.2) is 4.98 Å². The van der Waals surface area contributed by atoms with Gasteiger partial charge in [-0.2, -0.15) is 0 Å². The summed E-state index contributed by atoms with van der Waals surface area (Å²) in [6.07, 6.45) is 2.20. The minimum Gasteiger partial charge on any atom is -0.494 e. The lowest BCUT2D eigenvalue weighted by Gasteiger charge is -2.22. The van der Waals surface area contributed by atoms with E-state index in [4.69, 9.17) is 4.74 Å². The first-order valence-corrected chi connectivity index (χ1v) is 9.73. The number of imidazole rings is 1. The van der Waals surface area contributed by atoms with E-state index in [1.165, 1.54) is 0 Å². The Labute approximate surface area is 156 Å². The number of ether oxygens (including phenoxy) is 1. The SMILES string of the molecule is COc1ccc(C(=O)NCC2CCNCC2)c2nc(-c3cccs3)[nH]c12. The molecular weight excluding hydrogens is 348 g/mol. The van der Waals surface area contributed by atoms with E-state index in [1.54, 1.807) is 24.5 Å². The number of aromatic amines is 1. The Hall–Kier alpha value is -2.38. The maximum Gasteiger partial charge on any atom is 0.253 e. The second-order valence-corrected chi connectivity index (χ2v) is 7.45. The lowest BCUT2D eigenvalue weighted by Crippen LogP contribution is -2.36. The smallest absolute Gasteiger partial charge is 0.253 e. The van der Waals surface area contributed by atoms with Gasteiger partial charge in [0.05, 0.1) is 17.6 Å². The van der Waals surface area contributed by atoms with Gasteiger partial charge >= 0.3 is 0 Å². The molecule has 26 heavy (non-hydrogen) atoms. The quantitative estimate of drug-likeness (QED) is 0.645. The number of thiophene rings is 1. The molecule has 1 aliphatic heterocycles. The molecule has 6 nitrogen and oxygen atoms in total. The van der Waals surface area contributed by atoms with E-state index in [2.05, 4.69) is 20.6 Å². The molecule has 0 radical (unpaired) electrons. The molecule has 136 valence electrons. The molecule has 1 saturated heterocycles. The van der Waals surface area contributed by atoms with Gasteiger partial charge in [0.1, 0.15) is 22.6 Å². The number of carbonyl (C=O) groups excluding carboxylic acids is 1. The molecule has 4 rings (SSSR count). The lowest BCUT2D eigenvalue weighted by molar-refractivity contribution is 0.0945. The largest absolute Gasteiger partial charge is 0.494 e. The summed E-state index contributed by atoms with van der Waals surface area (Å²) in [5.41, 5.74) is 1.98. The van der Waals surface area contributed by atoms with Gasteiger partial charge in [0, 0.05) is 6.54 Å². The number of amides is 1. The third kappa shape index (κ3) is 3.32. The maximum atomic E-state index is 12.8. The minimum atomic E-state index is -0.0829. The van der Waals surface area contributed by atoms with Gasteiger partial charge in [0.15, 0.2) is 0 Å². The van der Waals surface area contributed by atoms with Crippen LogP contribution in [0, 0.1) is 5.92 Å². The molecular formula is C19H22N4O2S. The summed E-state index contributed by atoms with van der Waals surface area (Å²) in [5.74, 6) is 1.90. The van der Waals surface area contributed by atoms with E-state index < -0.39 is 0 Å². The molecule has 0 bridgehead atoms. The molecule has 2 aromatic heterocycles. The summed E-state index contributed by atoms with van der Waals surface area (Å²) in [6.45, 7) is 2.75. The van der Waals surface area contributed by atoms with Crippen molar-refractivity contribution in [1.82, 2.24) is 20.6 Å². The van der Waals surface area contributed by atoms with Crippen molar-refractivity contribution < 1.29 is 9.53 Å². The number of aromatic nitrogens is 2. The van der Waals surface area contributed by atoms with Crippen molar-refractivity contribution in [2.75, 3.05) is 26.7 Å². The predicted octanol–water partition coefficient (Wildman–Crippen LogP) is 3.03. The van der Waals surface area contributed by atoms with Gasteiger partial charge in [-0.1, -0.05) is 6.07 Å². The molecule has 1 fully saturated rings. The van der Waals surface area contributed by atoms with Crippen molar-refractivity contribution >= 4 is 28.3 Å². The van der Waals surface area contributed by atoms with Gasteiger partial charge in [-0.15, -0.1) is 11.3 Å². The second-order valence-electron chi connectivity index (χ2n) is 6.51. The van der Waals surface area contributed by atoms with Crippen molar-refractivity contribution in [3.8, 4) is 16.5 Å². The normalized spacial score (nSPS) is 15.3. The molecule has 1 aromatic carbocycles. The van der Waals surface area contributed by atoms with Crippen LogP contribution in [0.15, 0.2) is 29.6 Å². The van der Waals surface area contributed by atoms with E-state index in [-0.39, 0.29) is 5.91 Å². The molecule has 0 saturated carbocycles. The highest BCUT2D eigenvalue weighted by atomic mass is 32.1. The number of methoxy groups -OCH3 is 1. The Morgan fingerprint density at radius 2 is 2.19 bits per heavy atom. The fraction of sp³-hybridized carbons (Fsp3) is 0.368. The lowest BCUT2D eigenvalue weighted by atomic mass is 9.98. The summed E-state index contributed by atoms with van der Waals surface area (Å²) in [5, 5.41) is 8.44. The van der Waals surface area contributed by atoms with E-state index in [9.17, 15) is 4.79 Å². The average Bonchev–Trinajstić information content (AvgIpc) is 3.35. The Balaban J connectivity index is 1.62. The first kappa shape index (κ1) is 17.1. The summed E-state index contributed by atoms with van der Waals surface area (Å²) >= 11 is 1.61. The van der Waals surface area contributed by atoms with Gasteiger partial charge in [0.25, 0.3) is 5.91 Å². The highest BCUT2D eigenvalue weighted by molar-refractivity contribution is 7.13. The van der Waals surface area contributed by atoms with Crippen LogP contribution in [0.5, 0.6) is 5.75 Å². The zero-order chi connectivity index (χ0) is 17.9. The molecule has 0 spiro atoms. The maximum absolute atomic E-state index is 12.8. The summed E-state index contributed by atoms with van der Waals surface area (Å²) < 4.78 is 5.44. The van der Waals surface area contributed by atoms with E-state index in [1.807, 2.05) is 23.6 Å². The fourth-order valence-electron chi connectivity index (χ4n) is 3.37. The van der Waals surface area contributed by atoms with Crippen LogP contribution >= 0.6 is 11.3 Å². The van der Waals surface area contributed by atoms with Crippen LogP contribution < -0.4 is 15.4 Å². The minimum absolute atomic E-state index is 0.0829. The third-order valence-corrected chi connectivity index (χ3v) is 5.71. The van der Waals surface area contributed by atoms with Crippen molar-refractivity contribution in [2.45, 2.75) is 12.8 Å². The van der Waals surface area contributed by atoms with Crippen molar-refractivity contribution in [2.24, 2.45) is 5.92 Å². The molecule has 3 heterocycles. The number of rotatable bonds is 5. The zero-order valence-corrected chi connectivity index (χ0v) is 15.5. The van der Waals surface area contributed by atoms with Crippen LogP contribution in [0.25, 0.3) is 21.7 Å². The highest BCUT2D eigenvalue weighted by Gasteiger charge is 2.20. The molecule has 3 N–H and O–H groups in total. The molecule has 1 aliphatic rings. The van der Waals surface area contributed by atoms with Crippen molar-refractivity contribution in [3.05, 3.63) is 35.2 Å². The topological polar surface area (TPSA) is 79.0 Å². The standard InChI is InChI=1S/C19H22N4O2S/c1-25-14-5-4-13(19(24)21-11-12-6-8-20-9-7-12)16-17(14)23-18(22-16)15-3-2-10-26-15/h2-5,10,12,20H,6-9,11H2,1H3,(H,21,24)(H,22,23). The summed E-state index contributed by atoms with van der Waals surface area (Å²) in [6, 6.07) is 7.60. The number of carbonyl (C=O) groups is 1. The molecule has 0 unspecified atom stereocenters. The predicted molar refractivity (Wildman–Crippen MR) is 104 cm³/mol. The van der Waals surface area contributed by atoms with Crippen LogP contribution in [-0.2, 0) is 0 Å². The van der Waals surface area contributed by atoms with Gasteiger partial charge in [0.2, 0.25) is 0 Å². The number of fused-ring (bicyclic) bond motifs is 1. The highest BCUT2D eigenvalue weighted by Crippen LogP contribution is 2.31. The molecule has 0 atom stereocenters. The Morgan fingerprint density at radius 3 is 2.92 bits per heavy atom. The summed E-state index contributed by atoms with van der Waals surface area (Å²) in [4.78, 5) is 21.8. The van der Waals surface area contributed by atoms with Gasteiger partial charge in [-0.3, -0.25) is 4.79 Å². The Morgan fingerprint density at radius 1 is 1.35 bits per heavy atom. The Bertz CT molecular complexity index is 898. The van der Waals surface area contributed by atoms with Crippen LogP contribution in [0.4, 0.5) is 0 Å². The van der Waals surface area contributed by atoms with E-state index in [0.29, 0.717) is 29.3 Å². The Kier molecular flexibility index (Phi) is 4.90. The van der Waals surface area contributed by atoms with Crippen molar-refractivity contribution in [3.63, 3.8) is 0 Å². The monoisotopic (exact) mass is 370 g/mol. The first-order valence-electron chi connectivity index (χ1n) is 8.85. The van der Waals surface area contributed by atoms with E-state index in [0.717, 1.165) is 42.1 Å². The van der Waals surface area contributed by atoms with E-state index >= 15 is 0 Å². The number of H-pyrrole nitrogens is 1. The number of hydrogen-bond acceptors (Lipinski definition) is 5. The number of piperidine rings is 1. The van der Waals surface area contributed by atoms with Gasteiger partial charge in [-0.05, 0) is 55.4 Å². The van der Waals surface area contributed by atoms with Crippen LogP contribution in [-0.4, -0.2) is 42.6 Å². The third-order valence-electron chi connectivity index (χ3n) is 4.84. The number of hydrogen-bond donors (Lipinski definition) is 3. The second kappa shape index (κ2) is 7.47. The zero-order valence-electron chi connectivity index (χ0n) is 14.7. The number of benzene rings is 1. The number of nitrogens with one attached hydrogen (secondary N) is 3. The number of nitrogens with zero attached hydrogens (tertiary/aromatic N) is 1.